The van der Waals surface area contributed by atoms with Crippen molar-refractivity contribution >= 4 is 0 Å². The minimum absolute atomic E-state index is 0.0887. The van der Waals surface area contributed by atoms with E-state index in [1.165, 1.54) is 70.6 Å². The summed E-state index contributed by atoms with van der Waals surface area (Å²) in [5.74, 6) is 5.56. The molecule has 4 heteroatoms. The topological polar surface area (TPSA) is 39.9 Å². The Morgan fingerprint density at radius 2 is 2.00 bits per heavy atom. The molecule has 0 radical (unpaired) electrons. The smallest absolute Gasteiger partial charge is 0.0752 e. The van der Waals surface area contributed by atoms with Gasteiger partial charge in [-0.25, -0.2) is 4.68 Å². The Labute approximate surface area is 220 Å². The van der Waals surface area contributed by atoms with E-state index >= 15 is 0 Å². The summed E-state index contributed by atoms with van der Waals surface area (Å²) in [5, 5.41) is 8.46. The zero-order valence-corrected chi connectivity index (χ0v) is 23.9. The van der Waals surface area contributed by atoms with Crippen LogP contribution in [0.4, 0.5) is 0 Å². The number of nitrogens with zero attached hydrogens (tertiary/aromatic N) is 3. The highest BCUT2D eigenvalue weighted by atomic mass is 16.5. The Morgan fingerprint density at radius 3 is 2.75 bits per heavy atom. The summed E-state index contributed by atoms with van der Waals surface area (Å²) >= 11 is 0. The van der Waals surface area contributed by atoms with Gasteiger partial charge in [0.25, 0.3) is 0 Å². The van der Waals surface area contributed by atoms with Gasteiger partial charge >= 0.3 is 0 Å². The van der Waals surface area contributed by atoms with Gasteiger partial charge in [0.2, 0.25) is 0 Å². The Balaban J connectivity index is 1.21. The molecule has 1 aromatic rings. The van der Waals surface area contributed by atoms with Crippen molar-refractivity contribution in [3.63, 3.8) is 0 Å². The van der Waals surface area contributed by atoms with Crippen molar-refractivity contribution in [1.29, 1.82) is 0 Å². The van der Waals surface area contributed by atoms with Gasteiger partial charge in [0.1, 0.15) is 0 Å². The van der Waals surface area contributed by atoms with Gasteiger partial charge in [0.15, 0.2) is 0 Å². The highest BCUT2D eigenvalue weighted by Crippen LogP contribution is 2.66. The summed E-state index contributed by atoms with van der Waals surface area (Å²) in [6.07, 6.45) is 18.9. The molecule has 1 aliphatic heterocycles. The highest BCUT2D eigenvalue weighted by Gasteiger charge is 2.58. The fraction of sp³-hybridized carbons (Fsp3) is 0.875. The quantitative estimate of drug-likeness (QED) is 0.399. The molecule has 1 aromatic heterocycles. The van der Waals surface area contributed by atoms with E-state index in [9.17, 15) is 0 Å². The second-order valence-electron chi connectivity index (χ2n) is 14.3. The van der Waals surface area contributed by atoms with Gasteiger partial charge in [0, 0.05) is 6.20 Å². The summed E-state index contributed by atoms with van der Waals surface area (Å²) in [7, 11) is 0. The number of hydrogen-bond donors (Lipinski definition) is 0. The number of ether oxygens (including phenoxy) is 1. The third kappa shape index (κ3) is 3.86. The predicted molar refractivity (Wildman–Crippen MR) is 145 cm³/mol. The van der Waals surface area contributed by atoms with Crippen LogP contribution in [0.25, 0.3) is 0 Å². The van der Waals surface area contributed by atoms with E-state index < -0.39 is 0 Å². The zero-order valence-electron chi connectivity index (χ0n) is 23.9. The molecule has 4 aliphatic carbocycles. The van der Waals surface area contributed by atoms with E-state index in [0.717, 1.165) is 29.6 Å². The van der Waals surface area contributed by atoms with Gasteiger partial charge in [0.05, 0.1) is 23.9 Å². The van der Waals surface area contributed by atoms with Crippen LogP contribution >= 0.6 is 0 Å². The average molecular weight is 494 g/mol. The summed E-state index contributed by atoms with van der Waals surface area (Å²) in [6.45, 7) is 14.9. The van der Waals surface area contributed by atoms with Crippen molar-refractivity contribution in [2.45, 2.75) is 130 Å². The molecule has 0 aromatic carbocycles. The van der Waals surface area contributed by atoms with E-state index in [2.05, 4.69) is 62.7 Å². The second-order valence-corrected chi connectivity index (χ2v) is 14.3. The second kappa shape index (κ2) is 9.24. The number of hydrogen-bond acceptors (Lipinski definition) is 3. The van der Waals surface area contributed by atoms with Crippen LogP contribution < -0.4 is 0 Å². The zero-order chi connectivity index (χ0) is 25.2. The van der Waals surface area contributed by atoms with Gasteiger partial charge < -0.3 is 4.74 Å². The lowest BCUT2D eigenvalue weighted by Crippen LogP contribution is -2.46. The first kappa shape index (κ1) is 25.1. The monoisotopic (exact) mass is 493 g/mol. The predicted octanol–water partition coefficient (Wildman–Crippen LogP) is 8.02. The molecule has 0 bridgehead atoms. The minimum Gasteiger partial charge on any atom is -0.371 e. The number of rotatable bonds is 4. The maximum Gasteiger partial charge on any atom is 0.0752 e. The summed E-state index contributed by atoms with van der Waals surface area (Å²) < 4.78 is 9.29. The molecule has 0 unspecified atom stereocenters. The molecule has 3 saturated carbocycles. The lowest BCUT2D eigenvalue weighted by atomic mass is 9.52. The molecule has 5 aliphatic rings. The Bertz CT molecular complexity index is 970. The molecule has 200 valence electrons. The maximum atomic E-state index is 7.14. The first-order chi connectivity index (χ1) is 17.3. The fourth-order valence-electron chi connectivity index (χ4n) is 10.1. The van der Waals surface area contributed by atoms with Crippen molar-refractivity contribution in [2.24, 2.45) is 46.8 Å². The van der Waals surface area contributed by atoms with Crippen LogP contribution in [-0.2, 0) is 4.74 Å². The summed E-state index contributed by atoms with van der Waals surface area (Å²) in [5.41, 5.74) is 4.18. The summed E-state index contributed by atoms with van der Waals surface area (Å²) in [4.78, 5) is 0. The molecule has 36 heavy (non-hydrogen) atoms. The van der Waals surface area contributed by atoms with Crippen molar-refractivity contribution in [3.8, 4) is 0 Å². The molecule has 1 spiro atoms. The van der Waals surface area contributed by atoms with Gasteiger partial charge in [-0.1, -0.05) is 57.4 Å². The van der Waals surface area contributed by atoms with Crippen molar-refractivity contribution in [3.05, 3.63) is 23.5 Å². The third-order valence-corrected chi connectivity index (χ3v) is 12.9. The van der Waals surface area contributed by atoms with Gasteiger partial charge in [-0.05, 0) is 118 Å². The van der Waals surface area contributed by atoms with Gasteiger partial charge in [-0.15, -0.1) is 5.10 Å². The molecule has 0 N–H and O–H groups in total. The molecule has 6 rings (SSSR count). The first-order valence-corrected chi connectivity index (χ1v) is 15.5. The molecule has 2 heterocycles. The van der Waals surface area contributed by atoms with Crippen molar-refractivity contribution in [2.75, 3.05) is 0 Å². The van der Waals surface area contributed by atoms with E-state index in [0.29, 0.717) is 29.4 Å². The highest BCUT2D eigenvalue weighted by molar-refractivity contribution is 5.29. The molecule has 1 saturated heterocycles. The third-order valence-electron chi connectivity index (χ3n) is 12.9. The Morgan fingerprint density at radius 1 is 1.17 bits per heavy atom. The molecule has 4 nitrogen and oxygen atoms in total. The van der Waals surface area contributed by atoms with Crippen LogP contribution in [0.3, 0.4) is 0 Å². The van der Waals surface area contributed by atoms with Crippen LogP contribution in [0, 0.1) is 46.8 Å². The van der Waals surface area contributed by atoms with Gasteiger partial charge in [-0.3, -0.25) is 0 Å². The van der Waals surface area contributed by atoms with E-state index in [1.807, 2.05) is 11.8 Å². The number of fused-ring (bicyclic) bond motifs is 5. The maximum absolute atomic E-state index is 7.14. The van der Waals surface area contributed by atoms with Crippen LogP contribution in [0.1, 0.15) is 118 Å². The number of aromatic nitrogens is 3. The average Bonchev–Trinajstić information content (AvgIpc) is 3.56. The van der Waals surface area contributed by atoms with Crippen LogP contribution in [0.15, 0.2) is 23.5 Å². The largest absolute Gasteiger partial charge is 0.371 e. The fourth-order valence-corrected chi connectivity index (χ4v) is 10.1. The lowest BCUT2D eigenvalue weighted by molar-refractivity contribution is -0.0740. The summed E-state index contributed by atoms with van der Waals surface area (Å²) in [6, 6.07) is 0.557. The lowest BCUT2D eigenvalue weighted by Gasteiger charge is -2.54. The SMILES string of the molecule is CC[C@@H](C)C[C@H]1O[C@]2(CC[C@@H]3C(=C(C)C2)C[C@H]2[C@H]3CC[C@@H]3C[C@@H](n4ccnn4)CC[C@@]32C)[C@H](C)[C@@H]1C. The molecule has 4 fully saturated rings. The molecule has 11 atom stereocenters. The van der Waals surface area contributed by atoms with Crippen LogP contribution in [-0.4, -0.2) is 26.7 Å². The Hall–Kier alpha value is -1.16. The standard InChI is InChI=1S/C32H51N3O/c1-7-20(2)16-30-22(4)23(5)32(36-30)13-11-26-27-9-8-24-17-25(35-15-14-33-34-35)10-12-31(24,6)29(27)18-28(26)21(3)19-32/h14-15,20,22-27,29-30H,7-13,16-19H2,1-6H3/t20-,22+,23-,24-,25+,26+,27+,29+,30-,31+,32+/m1/s1. The molecular formula is C32H51N3O. The van der Waals surface area contributed by atoms with Gasteiger partial charge in [-0.2, -0.15) is 0 Å². The van der Waals surface area contributed by atoms with E-state index in [1.54, 1.807) is 5.57 Å². The van der Waals surface area contributed by atoms with Crippen molar-refractivity contribution in [1.82, 2.24) is 15.0 Å². The molecule has 0 amide bonds. The minimum atomic E-state index is 0.0887. The molecular weight excluding hydrogens is 442 g/mol. The van der Waals surface area contributed by atoms with E-state index in [-0.39, 0.29) is 5.60 Å². The Kier molecular flexibility index (Phi) is 6.45. The van der Waals surface area contributed by atoms with Crippen LogP contribution in [0.5, 0.6) is 0 Å². The number of allylic oxidation sites excluding steroid dienone is 1. The van der Waals surface area contributed by atoms with Crippen LogP contribution in [0.2, 0.25) is 0 Å². The first-order valence-electron chi connectivity index (χ1n) is 15.5. The van der Waals surface area contributed by atoms with Crippen molar-refractivity contribution < 1.29 is 4.74 Å². The normalized spacial score (nSPS) is 47.4. The van der Waals surface area contributed by atoms with E-state index in [4.69, 9.17) is 4.74 Å².